The summed E-state index contributed by atoms with van der Waals surface area (Å²) < 4.78 is 25.1. The molecule has 0 spiro atoms. The van der Waals surface area contributed by atoms with Crippen LogP contribution in [0.5, 0.6) is 0 Å². The molecule has 2 aromatic carbocycles. The highest BCUT2D eigenvalue weighted by Gasteiger charge is 2.19. The zero-order chi connectivity index (χ0) is 22.2. The average molecular weight is 436 g/mol. The minimum absolute atomic E-state index is 0.243. The Bertz CT molecular complexity index is 1320. The molecule has 0 bridgehead atoms. The minimum atomic E-state index is -3.24. The molecule has 0 aliphatic heterocycles. The van der Waals surface area contributed by atoms with Crippen molar-refractivity contribution in [2.24, 2.45) is 5.92 Å². The fourth-order valence-corrected chi connectivity index (χ4v) is 4.27. The lowest BCUT2D eigenvalue weighted by atomic mass is 9.93. The van der Waals surface area contributed by atoms with Gasteiger partial charge in [-0.1, -0.05) is 48.9 Å². The van der Waals surface area contributed by atoms with Gasteiger partial charge in [-0.15, -0.1) is 0 Å². The van der Waals surface area contributed by atoms with Crippen LogP contribution in [0.2, 0.25) is 0 Å². The smallest absolute Gasteiger partial charge is 0.276 e. The third kappa shape index (κ3) is 4.46. The van der Waals surface area contributed by atoms with Crippen molar-refractivity contribution in [1.82, 2.24) is 15.1 Å². The van der Waals surface area contributed by atoms with E-state index >= 15 is 0 Å². The lowest BCUT2D eigenvalue weighted by Gasteiger charge is -2.17. The van der Waals surface area contributed by atoms with Crippen molar-refractivity contribution < 1.29 is 13.2 Å². The first kappa shape index (κ1) is 21.1. The number of nitrogens with one attached hydrogen (secondary N) is 1. The van der Waals surface area contributed by atoms with Gasteiger partial charge in [-0.25, -0.2) is 8.42 Å². The molecule has 6 nitrogen and oxygen atoms in total. The van der Waals surface area contributed by atoms with Crippen LogP contribution in [-0.4, -0.2) is 30.4 Å². The molecule has 1 unspecified atom stereocenters. The monoisotopic (exact) mass is 435 g/mol. The number of fused-ring (bicyclic) bond motifs is 1. The fraction of sp³-hybridized carbons (Fsp3) is 0.250. The van der Waals surface area contributed by atoms with Gasteiger partial charge in [0.25, 0.3) is 5.91 Å². The van der Waals surface area contributed by atoms with Crippen LogP contribution >= 0.6 is 0 Å². The van der Waals surface area contributed by atoms with Crippen molar-refractivity contribution >= 4 is 26.6 Å². The Labute approximate surface area is 182 Å². The van der Waals surface area contributed by atoms with E-state index in [1.54, 1.807) is 28.9 Å². The summed E-state index contributed by atoms with van der Waals surface area (Å²) in [6, 6.07) is 14.3. The van der Waals surface area contributed by atoms with Crippen LogP contribution < -0.4 is 5.32 Å². The zero-order valence-corrected chi connectivity index (χ0v) is 18.6. The minimum Gasteiger partial charge on any atom is -0.321 e. The molecule has 0 fully saturated rings. The van der Waals surface area contributed by atoms with Crippen LogP contribution in [0.25, 0.3) is 10.9 Å². The second kappa shape index (κ2) is 8.15. The number of hydrogen-bond acceptors (Lipinski definition) is 4. The second-order valence-electron chi connectivity index (χ2n) is 8.08. The van der Waals surface area contributed by atoms with Crippen molar-refractivity contribution in [3.63, 3.8) is 0 Å². The SMILES string of the molecule is CC1=CC(NC(=O)c2nn(Cc3ccc(S(C)(=O)=O)cc3)c3ccccc23)=CCC1C. The number of para-hydroxylation sites is 1. The highest BCUT2D eigenvalue weighted by atomic mass is 32.2. The van der Waals surface area contributed by atoms with Gasteiger partial charge in [0.05, 0.1) is 17.0 Å². The Morgan fingerprint density at radius 1 is 1.16 bits per heavy atom. The summed E-state index contributed by atoms with van der Waals surface area (Å²) in [5, 5.41) is 8.35. The first-order chi connectivity index (χ1) is 14.7. The van der Waals surface area contributed by atoms with Gasteiger partial charge in [0.15, 0.2) is 15.5 Å². The van der Waals surface area contributed by atoms with Crippen LogP contribution in [0.3, 0.4) is 0 Å². The summed E-state index contributed by atoms with van der Waals surface area (Å²) in [4.78, 5) is 13.3. The predicted octanol–water partition coefficient (Wildman–Crippen LogP) is 4.09. The first-order valence-electron chi connectivity index (χ1n) is 10.2. The molecule has 1 N–H and O–H groups in total. The second-order valence-corrected chi connectivity index (χ2v) is 10.1. The number of benzene rings is 2. The van der Waals surface area contributed by atoms with Gasteiger partial charge < -0.3 is 5.32 Å². The van der Waals surface area contributed by atoms with Crippen LogP contribution in [0.1, 0.15) is 36.3 Å². The molecule has 1 atom stereocenters. The highest BCUT2D eigenvalue weighted by Crippen LogP contribution is 2.23. The Hall–Kier alpha value is -3.19. The Balaban J connectivity index is 1.62. The number of amides is 1. The molecule has 0 saturated heterocycles. The maximum Gasteiger partial charge on any atom is 0.276 e. The molecule has 31 heavy (non-hydrogen) atoms. The number of rotatable bonds is 5. The Morgan fingerprint density at radius 2 is 1.87 bits per heavy atom. The van der Waals surface area contributed by atoms with Crippen LogP contribution in [-0.2, 0) is 16.4 Å². The van der Waals surface area contributed by atoms with E-state index in [0.717, 1.165) is 28.6 Å². The summed E-state index contributed by atoms with van der Waals surface area (Å²) in [5.74, 6) is 0.238. The number of allylic oxidation sites excluding steroid dienone is 3. The van der Waals surface area contributed by atoms with E-state index in [9.17, 15) is 13.2 Å². The normalized spacial score (nSPS) is 16.7. The van der Waals surface area contributed by atoms with E-state index in [-0.39, 0.29) is 10.8 Å². The molecule has 1 aliphatic carbocycles. The van der Waals surface area contributed by atoms with Crippen LogP contribution in [0.15, 0.2) is 76.8 Å². The maximum atomic E-state index is 13.0. The summed E-state index contributed by atoms with van der Waals surface area (Å²) >= 11 is 0. The van der Waals surface area contributed by atoms with Gasteiger partial charge >= 0.3 is 0 Å². The fourth-order valence-electron chi connectivity index (χ4n) is 3.64. The van der Waals surface area contributed by atoms with Crippen molar-refractivity contribution in [3.8, 4) is 0 Å². The van der Waals surface area contributed by atoms with Gasteiger partial charge in [0.1, 0.15) is 0 Å². The van der Waals surface area contributed by atoms with E-state index < -0.39 is 9.84 Å². The Kier molecular flexibility index (Phi) is 5.54. The molecular formula is C24H25N3O3S. The topological polar surface area (TPSA) is 81.1 Å². The van der Waals surface area contributed by atoms with Crippen molar-refractivity contribution in [1.29, 1.82) is 0 Å². The van der Waals surface area contributed by atoms with Crippen molar-refractivity contribution in [3.05, 3.63) is 83.2 Å². The van der Waals surface area contributed by atoms with E-state index in [1.807, 2.05) is 36.4 Å². The highest BCUT2D eigenvalue weighted by molar-refractivity contribution is 7.90. The maximum absolute atomic E-state index is 13.0. The molecule has 1 heterocycles. The standard InChI is InChI=1S/C24H25N3O3S/c1-16-8-11-19(14-17(16)2)25-24(28)23-21-6-4-5-7-22(21)27(26-23)15-18-9-12-20(13-10-18)31(3,29)30/h4-7,9-14,16H,8,15H2,1-3H3,(H,25,28). The first-order valence-corrected chi connectivity index (χ1v) is 12.1. The summed E-state index contributed by atoms with van der Waals surface area (Å²) in [5.41, 5.74) is 4.16. The van der Waals surface area contributed by atoms with Crippen molar-refractivity contribution in [2.75, 3.05) is 6.26 Å². The predicted molar refractivity (Wildman–Crippen MR) is 121 cm³/mol. The average Bonchev–Trinajstić information content (AvgIpc) is 3.09. The molecular weight excluding hydrogens is 410 g/mol. The van der Waals surface area contributed by atoms with Gasteiger partial charge in [0.2, 0.25) is 0 Å². The number of hydrogen-bond donors (Lipinski definition) is 1. The molecule has 3 aromatic rings. The lowest BCUT2D eigenvalue weighted by molar-refractivity contribution is 0.0962. The number of sulfone groups is 1. The lowest BCUT2D eigenvalue weighted by Crippen LogP contribution is -2.24. The number of carbonyl (C=O) groups is 1. The van der Waals surface area contributed by atoms with Gasteiger partial charge in [-0.2, -0.15) is 5.10 Å². The summed E-state index contributed by atoms with van der Waals surface area (Å²) in [6.45, 7) is 4.67. The molecule has 7 heteroatoms. The van der Waals surface area contributed by atoms with Crippen LogP contribution in [0.4, 0.5) is 0 Å². The molecule has 1 aromatic heterocycles. The molecule has 160 valence electrons. The third-order valence-corrected chi connectivity index (χ3v) is 6.80. The summed E-state index contributed by atoms with van der Waals surface area (Å²) in [6.07, 6.45) is 6.14. The van der Waals surface area contributed by atoms with Gasteiger partial charge in [-0.3, -0.25) is 9.48 Å². The third-order valence-electron chi connectivity index (χ3n) is 5.67. The van der Waals surface area contributed by atoms with E-state index in [2.05, 4.69) is 24.3 Å². The number of aromatic nitrogens is 2. The van der Waals surface area contributed by atoms with E-state index in [1.165, 1.54) is 11.8 Å². The molecule has 4 rings (SSSR count). The Morgan fingerprint density at radius 3 is 2.55 bits per heavy atom. The van der Waals surface area contributed by atoms with Crippen LogP contribution in [0, 0.1) is 5.92 Å². The van der Waals surface area contributed by atoms with Gasteiger partial charge in [0, 0.05) is 17.3 Å². The molecule has 1 aliphatic rings. The summed E-state index contributed by atoms with van der Waals surface area (Å²) in [7, 11) is -3.24. The molecule has 1 amide bonds. The van der Waals surface area contributed by atoms with E-state index in [0.29, 0.717) is 18.2 Å². The molecule has 0 radical (unpaired) electrons. The zero-order valence-electron chi connectivity index (χ0n) is 17.8. The largest absolute Gasteiger partial charge is 0.321 e. The number of carbonyl (C=O) groups excluding carboxylic acids is 1. The quantitative estimate of drug-likeness (QED) is 0.655. The van der Waals surface area contributed by atoms with Gasteiger partial charge in [-0.05, 0) is 49.1 Å². The van der Waals surface area contributed by atoms with Crippen molar-refractivity contribution in [2.45, 2.75) is 31.7 Å². The van der Waals surface area contributed by atoms with E-state index in [4.69, 9.17) is 0 Å². The number of nitrogens with zero attached hydrogens (tertiary/aromatic N) is 2. The molecule has 0 saturated carbocycles.